The molecule has 2 heterocycles. The average Bonchev–Trinajstić information content (AvgIpc) is 2.72. The van der Waals surface area contributed by atoms with Crippen LogP contribution in [0.15, 0.2) is 16.9 Å². The Labute approximate surface area is 115 Å². The summed E-state index contributed by atoms with van der Waals surface area (Å²) in [7, 11) is 0. The predicted molar refractivity (Wildman–Crippen MR) is 71.2 cm³/mol. The second kappa shape index (κ2) is 5.40. The van der Waals surface area contributed by atoms with E-state index in [-0.39, 0.29) is 24.2 Å². The van der Waals surface area contributed by atoms with E-state index >= 15 is 0 Å². The van der Waals surface area contributed by atoms with Crippen molar-refractivity contribution in [3.63, 3.8) is 0 Å². The topological polar surface area (TPSA) is 47.4 Å². The number of hydrogen-bond acceptors (Lipinski definition) is 3. The molecule has 1 aromatic heterocycles. The van der Waals surface area contributed by atoms with Crippen molar-refractivity contribution in [1.82, 2.24) is 14.7 Å². The first-order chi connectivity index (χ1) is 8.47. The fraction of sp³-hybridized carbons (Fsp3) is 0.667. The van der Waals surface area contributed by atoms with E-state index in [1.807, 2.05) is 31.9 Å². The number of hydrogen-bond donors (Lipinski definition) is 0. The molecule has 1 aromatic rings. The van der Waals surface area contributed by atoms with E-state index in [1.165, 1.54) is 0 Å². The van der Waals surface area contributed by atoms with Gasteiger partial charge in [-0.1, -0.05) is 0 Å². The van der Waals surface area contributed by atoms with Crippen molar-refractivity contribution in [1.29, 1.82) is 0 Å². The molecule has 0 bridgehead atoms. The Morgan fingerprint density at radius 3 is 2.61 bits per heavy atom. The Morgan fingerprint density at radius 2 is 2.11 bits per heavy atom. The summed E-state index contributed by atoms with van der Waals surface area (Å²) in [5.41, 5.74) is 0. The van der Waals surface area contributed by atoms with Crippen LogP contribution >= 0.6 is 15.9 Å². The summed E-state index contributed by atoms with van der Waals surface area (Å²) in [5, 5.41) is 4.16. The summed E-state index contributed by atoms with van der Waals surface area (Å²) in [6.07, 6.45) is 3.69. The van der Waals surface area contributed by atoms with Crippen molar-refractivity contribution >= 4 is 21.8 Å². The fourth-order valence-electron chi connectivity index (χ4n) is 2.26. The largest absolute Gasteiger partial charge is 0.372 e. The van der Waals surface area contributed by atoms with E-state index in [4.69, 9.17) is 4.74 Å². The number of morpholine rings is 1. The third-order valence-corrected chi connectivity index (χ3v) is 3.46. The van der Waals surface area contributed by atoms with E-state index in [1.54, 1.807) is 10.9 Å². The van der Waals surface area contributed by atoms with Crippen LogP contribution in [0.4, 0.5) is 0 Å². The molecule has 1 saturated heterocycles. The van der Waals surface area contributed by atoms with Gasteiger partial charge in [-0.25, -0.2) is 0 Å². The lowest BCUT2D eigenvalue weighted by molar-refractivity contribution is -0.146. The third-order valence-electron chi connectivity index (χ3n) is 3.06. The minimum Gasteiger partial charge on any atom is -0.372 e. The Hall–Kier alpha value is -0.880. The molecule has 18 heavy (non-hydrogen) atoms. The molecule has 5 nitrogen and oxygen atoms in total. The molecule has 0 aliphatic carbocycles. The zero-order valence-corrected chi connectivity index (χ0v) is 12.4. The van der Waals surface area contributed by atoms with E-state index in [0.29, 0.717) is 13.1 Å². The maximum Gasteiger partial charge on any atom is 0.247 e. The lowest BCUT2D eigenvalue weighted by atomic mass is 10.2. The average molecular weight is 316 g/mol. The first-order valence-electron chi connectivity index (χ1n) is 6.11. The second-order valence-electron chi connectivity index (χ2n) is 4.82. The third kappa shape index (κ3) is 2.92. The maximum atomic E-state index is 12.4. The van der Waals surface area contributed by atoms with E-state index < -0.39 is 0 Å². The Morgan fingerprint density at radius 1 is 1.50 bits per heavy atom. The Bertz CT molecular complexity index is 425. The van der Waals surface area contributed by atoms with Gasteiger partial charge in [0.05, 0.1) is 22.9 Å². The molecular formula is C12H18BrN3O2. The molecule has 1 aliphatic heterocycles. The summed E-state index contributed by atoms with van der Waals surface area (Å²) >= 11 is 3.34. The smallest absolute Gasteiger partial charge is 0.247 e. The zero-order valence-electron chi connectivity index (χ0n) is 10.8. The highest BCUT2D eigenvalue weighted by atomic mass is 79.9. The lowest BCUT2D eigenvalue weighted by Gasteiger charge is -2.36. The molecule has 0 unspecified atom stereocenters. The van der Waals surface area contributed by atoms with Crippen LogP contribution in [0, 0.1) is 0 Å². The van der Waals surface area contributed by atoms with E-state index in [9.17, 15) is 4.79 Å². The summed E-state index contributed by atoms with van der Waals surface area (Å²) in [4.78, 5) is 14.3. The lowest BCUT2D eigenvalue weighted by Crippen LogP contribution is -2.50. The minimum absolute atomic E-state index is 0.0904. The van der Waals surface area contributed by atoms with Gasteiger partial charge >= 0.3 is 0 Å². The molecule has 0 spiro atoms. The van der Waals surface area contributed by atoms with E-state index in [0.717, 1.165) is 4.47 Å². The van der Waals surface area contributed by atoms with Gasteiger partial charge < -0.3 is 9.64 Å². The van der Waals surface area contributed by atoms with Crippen LogP contribution in [0.5, 0.6) is 0 Å². The van der Waals surface area contributed by atoms with Crippen LogP contribution in [0.25, 0.3) is 0 Å². The van der Waals surface area contributed by atoms with Crippen molar-refractivity contribution in [2.75, 3.05) is 13.1 Å². The minimum atomic E-state index is -0.284. The molecule has 1 amide bonds. The number of aromatic nitrogens is 2. The molecule has 1 fully saturated rings. The quantitative estimate of drug-likeness (QED) is 0.836. The number of halogens is 1. The van der Waals surface area contributed by atoms with Gasteiger partial charge in [0.15, 0.2) is 0 Å². The summed E-state index contributed by atoms with van der Waals surface area (Å²) in [5.74, 6) is 0.0904. The maximum absolute atomic E-state index is 12.4. The van der Waals surface area contributed by atoms with Crippen LogP contribution in [0.1, 0.15) is 26.8 Å². The van der Waals surface area contributed by atoms with Crippen LogP contribution in [-0.4, -0.2) is 45.9 Å². The second-order valence-corrected chi connectivity index (χ2v) is 5.73. The van der Waals surface area contributed by atoms with Crippen LogP contribution < -0.4 is 0 Å². The monoisotopic (exact) mass is 315 g/mol. The number of carbonyl (C=O) groups excluding carboxylic acids is 1. The highest BCUT2D eigenvalue weighted by Crippen LogP contribution is 2.17. The number of nitrogens with zero attached hydrogens (tertiary/aromatic N) is 3. The molecule has 6 heteroatoms. The molecule has 1 aliphatic rings. The van der Waals surface area contributed by atoms with Gasteiger partial charge in [0.2, 0.25) is 5.91 Å². The van der Waals surface area contributed by atoms with Gasteiger partial charge in [-0.05, 0) is 36.7 Å². The van der Waals surface area contributed by atoms with Crippen molar-refractivity contribution < 1.29 is 9.53 Å². The first kappa shape index (κ1) is 13.5. The molecule has 0 radical (unpaired) electrons. The highest BCUT2D eigenvalue weighted by Gasteiger charge is 2.29. The van der Waals surface area contributed by atoms with Crippen molar-refractivity contribution in [2.24, 2.45) is 0 Å². The highest BCUT2D eigenvalue weighted by molar-refractivity contribution is 9.10. The van der Waals surface area contributed by atoms with Crippen LogP contribution in [-0.2, 0) is 9.53 Å². The molecule has 2 rings (SSSR count). The van der Waals surface area contributed by atoms with Crippen molar-refractivity contribution in [2.45, 2.75) is 39.0 Å². The molecule has 100 valence electrons. The standard InChI is InChI=1S/C12H18BrN3O2/c1-8-5-15(6-9(2)18-8)12(17)10(3)16-7-11(13)4-14-16/h4,7-10H,5-6H2,1-3H3/t8-,9+,10-/m0/s1. The molecule has 0 saturated carbocycles. The number of ether oxygens (including phenoxy) is 1. The molecule has 0 N–H and O–H groups in total. The van der Waals surface area contributed by atoms with Crippen molar-refractivity contribution in [3.05, 3.63) is 16.9 Å². The fourth-order valence-corrected chi connectivity index (χ4v) is 2.56. The molecular weight excluding hydrogens is 298 g/mol. The Kier molecular flexibility index (Phi) is 4.07. The van der Waals surface area contributed by atoms with Crippen LogP contribution in [0.3, 0.4) is 0 Å². The van der Waals surface area contributed by atoms with E-state index in [2.05, 4.69) is 21.0 Å². The van der Waals surface area contributed by atoms with Gasteiger partial charge in [-0.3, -0.25) is 9.48 Å². The number of rotatable bonds is 2. The van der Waals surface area contributed by atoms with Gasteiger partial charge in [-0.15, -0.1) is 0 Å². The summed E-state index contributed by atoms with van der Waals surface area (Å²) in [6.45, 7) is 7.15. The van der Waals surface area contributed by atoms with Gasteiger partial charge in [0.25, 0.3) is 0 Å². The SMILES string of the molecule is C[C@@H]1CN(C(=O)[C@H](C)n2cc(Br)cn2)C[C@H](C)O1. The number of carbonyl (C=O) groups is 1. The summed E-state index contributed by atoms with van der Waals surface area (Å²) in [6, 6.07) is -0.284. The molecule has 0 aromatic carbocycles. The number of amides is 1. The Balaban J connectivity index is 2.06. The van der Waals surface area contributed by atoms with Crippen LogP contribution in [0.2, 0.25) is 0 Å². The normalized spacial score (nSPS) is 26.1. The molecule has 3 atom stereocenters. The summed E-state index contributed by atoms with van der Waals surface area (Å²) < 4.78 is 8.19. The van der Waals surface area contributed by atoms with Gasteiger partial charge in [0.1, 0.15) is 6.04 Å². The first-order valence-corrected chi connectivity index (χ1v) is 6.90. The van der Waals surface area contributed by atoms with Gasteiger partial charge in [0, 0.05) is 19.3 Å². The van der Waals surface area contributed by atoms with Gasteiger partial charge in [-0.2, -0.15) is 5.10 Å². The predicted octanol–water partition coefficient (Wildman–Crippen LogP) is 1.84. The van der Waals surface area contributed by atoms with Crippen molar-refractivity contribution in [3.8, 4) is 0 Å². The zero-order chi connectivity index (χ0) is 13.3.